The van der Waals surface area contributed by atoms with Crippen molar-refractivity contribution in [3.8, 4) is 0 Å². The third-order valence-electron chi connectivity index (χ3n) is 3.47. The molecule has 22 heavy (non-hydrogen) atoms. The summed E-state index contributed by atoms with van der Waals surface area (Å²) in [5.41, 5.74) is 0. The van der Waals surface area contributed by atoms with Crippen LogP contribution in [-0.4, -0.2) is 54.4 Å². The van der Waals surface area contributed by atoms with Crippen molar-refractivity contribution in [3.63, 3.8) is 0 Å². The summed E-state index contributed by atoms with van der Waals surface area (Å²) in [7, 11) is 0. The maximum Gasteiger partial charge on any atom is 0.248 e. The summed E-state index contributed by atoms with van der Waals surface area (Å²) in [4.78, 5) is 19.9. The molecule has 2 rings (SSSR count). The quantitative estimate of drug-likeness (QED) is 0.696. The summed E-state index contributed by atoms with van der Waals surface area (Å²) < 4.78 is 11.2. The molecule has 1 amide bonds. The van der Waals surface area contributed by atoms with Crippen LogP contribution in [0.15, 0.2) is 18.6 Å². The lowest BCUT2D eigenvalue weighted by molar-refractivity contribution is -0.135. The number of carbonyl (C=O) groups excluding carboxylic acids is 1. The Labute approximate surface area is 130 Å². The molecule has 0 radical (unpaired) electrons. The van der Waals surface area contributed by atoms with E-state index >= 15 is 0 Å². The topological polar surface area (TPSA) is 85.4 Å². The van der Waals surface area contributed by atoms with Crippen molar-refractivity contribution in [3.05, 3.63) is 18.6 Å². The number of hydrogen-bond donors (Lipinski definition) is 2. The molecule has 122 valence electrons. The summed E-state index contributed by atoms with van der Waals surface area (Å²) in [6.45, 7) is 4.12. The Morgan fingerprint density at radius 1 is 1.45 bits per heavy atom. The minimum absolute atomic E-state index is 0.114. The van der Waals surface area contributed by atoms with Crippen LogP contribution in [0.5, 0.6) is 0 Å². The minimum Gasteiger partial charge on any atom is -0.376 e. The smallest absolute Gasteiger partial charge is 0.248 e. The lowest BCUT2D eigenvalue weighted by Crippen LogP contribution is -2.38. The van der Waals surface area contributed by atoms with Crippen LogP contribution in [0.2, 0.25) is 0 Å². The van der Waals surface area contributed by atoms with Crippen LogP contribution < -0.4 is 10.6 Å². The van der Waals surface area contributed by atoms with Gasteiger partial charge in [-0.15, -0.1) is 0 Å². The van der Waals surface area contributed by atoms with Gasteiger partial charge in [0.15, 0.2) is 0 Å². The summed E-state index contributed by atoms with van der Waals surface area (Å²) in [6, 6.07) is 0. The van der Waals surface area contributed by atoms with Crippen molar-refractivity contribution < 1.29 is 14.3 Å². The maximum absolute atomic E-state index is 11.9. The first-order valence-corrected chi connectivity index (χ1v) is 7.76. The third-order valence-corrected chi connectivity index (χ3v) is 3.47. The van der Waals surface area contributed by atoms with Crippen LogP contribution in [0.1, 0.15) is 26.2 Å². The van der Waals surface area contributed by atoms with Crippen molar-refractivity contribution in [2.24, 2.45) is 0 Å². The van der Waals surface area contributed by atoms with Gasteiger partial charge in [0.25, 0.3) is 0 Å². The van der Waals surface area contributed by atoms with E-state index in [9.17, 15) is 4.79 Å². The van der Waals surface area contributed by atoms with E-state index in [0.29, 0.717) is 25.5 Å². The Morgan fingerprint density at radius 3 is 3.09 bits per heavy atom. The van der Waals surface area contributed by atoms with Gasteiger partial charge in [0.1, 0.15) is 11.9 Å². The Morgan fingerprint density at radius 2 is 2.36 bits per heavy atom. The molecule has 2 unspecified atom stereocenters. The van der Waals surface area contributed by atoms with Crippen LogP contribution in [0.3, 0.4) is 0 Å². The van der Waals surface area contributed by atoms with E-state index in [1.807, 2.05) is 0 Å². The van der Waals surface area contributed by atoms with Gasteiger partial charge in [0.05, 0.1) is 18.9 Å². The molecule has 0 spiro atoms. The molecular weight excluding hydrogens is 284 g/mol. The van der Waals surface area contributed by atoms with Gasteiger partial charge in [-0.05, 0) is 26.2 Å². The lowest BCUT2D eigenvalue weighted by Gasteiger charge is -2.23. The van der Waals surface area contributed by atoms with Crippen molar-refractivity contribution in [1.82, 2.24) is 15.3 Å². The highest BCUT2D eigenvalue weighted by molar-refractivity contribution is 5.80. The van der Waals surface area contributed by atoms with E-state index in [4.69, 9.17) is 9.47 Å². The normalized spacial score (nSPS) is 19.4. The highest BCUT2D eigenvalue weighted by atomic mass is 16.5. The zero-order valence-electron chi connectivity index (χ0n) is 13.0. The molecule has 2 N–H and O–H groups in total. The monoisotopic (exact) mass is 308 g/mol. The molecule has 1 aliphatic rings. The second-order valence-corrected chi connectivity index (χ2v) is 5.27. The number of anilines is 1. The van der Waals surface area contributed by atoms with E-state index in [1.165, 1.54) is 6.42 Å². The van der Waals surface area contributed by atoms with Gasteiger partial charge in [0.2, 0.25) is 5.91 Å². The van der Waals surface area contributed by atoms with Crippen molar-refractivity contribution >= 4 is 11.7 Å². The van der Waals surface area contributed by atoms with Crippen molar-refractivity contribution in [2.75, 3.05) is 31.6 Å². The number of ether oxygens (including phenoxy) is 2. The van der Waals surface area contributed by atoms with Gasteiger partial charge in [0, 0.05) is 32.1 Å². The highest BCUT2D eigenvalue weighted by Crippen LogP contribution is 2.13. The summed E-state index contributed by atoms with van der Waals surface area (Å²) in [5, 5.41) is 5.90. The second-order valence-electron chi connectivity index (χ2n) is 5.27. The first-order valence-electron chi connectivity index (χ1n) is 7.76. The summed E-state index contributed by atoms with van der Waals surface area (Å²) in [5.74, 6) is 0.576. The molecule has 2 heterocycles. The van der Waals surface area contributed by atoms with Gasteiger partial charge in [-0.3, -0.25) is 9.78 Å². The number of amides is 1. The van der Waals surface area contributed by atoms with Gasteiger partial charge < -0.3 is 20.1 Å². The fraction of sp³-hybridized carbons (Fsp3) is 0.667. The zero-order chi connectivity index (χ0) is 15.6. The molecular formula is C15H24N4O3. The number of carbonyl (C=O) groups is 1. The average Bonchev–Trinajstić information content (AvgIpc) is 2.58. The Hall–Kier alpha value is -1.73. The second kappa shape index (κ2) is 9.32. The predicted octanol–water partition coefficient (Wildman–Crippen LogP) is 0.979. The van der Waals surface area contributed by atoms with E-state index in [-0.39, 0.29) is 12.0 Å². The average molecular weight is 308 g/mol. The fourth-order valence-electron chi connectivity index (χ4n) is 2.18. The van der Waals surface area contributed by atoms with Gasteiger partial charge in [-0.1, -0.05) is 0 Å². The maximum atomic E-state index is 11.9. The molecule has 1 fully saturated rings. The van der Waals surface area contributed by atoms with Gasteiger partial charge in [-0.25, -0.2) is 4.98 Å². The fourth-order valence-corrected chi connectivity index (χ4v) is 2.18. The number of aromatic nitrogens is 2. The standard InChI is InChI=1S/C15H24N4O3/c1-12(22-11-13-4-2-3-9-21-13)15(20)19-8-7-18-14-10-16-5-6-17-14/h5-6,10,12-13H,2-4,7-9,11H2,1H3,(H,17,18)(H,19,20). The molecule has 2 atom stereocenters. The Balaban J connectivity index is 1.55. The van der Waals surface area contributed by atoms with Crippen LogP contribution in [0.25, 0.3) is 0 Å². The predicted molar refractivity (Wildman–Crippen MR) is 82.5 cm³/mol. The van der Waals surface area contributed by atoms with E-state index in [1.54, 1.807) is 25.5 Å². The largest absolute Gasteiger partial charge is 0.376 e. The Kier molecular flexibility index (Phi) is 7.05. The minimum atomic E-state index is -0.470. The number of nitrogens with one attached hydrogen (secondary N) is 2. The number of hydrogen-bond acceptors (Lipinski definition) is 6. The van der Waals surface area contributed by atoms with Crippen molar-refractivity contribution in [1.29, 1.82) is 0 Å². The summed E-state index contributed by atoms with van der Waals surface area (Å²) in [6.07, 6.45) is 7.82. The molecule has 0 aliphatic carbocycles. The lowest BCUT2D eigenvalue weighted by atomic mass is 10.1. The molecule has 1 aliphatic heterocycles. The molecule has 7 heteroatoms. The molecule has 7 nitrogen and oxygen atoms in total. The van der Waals surface area contributed by atoms with Crippen LogP contribution in [0.4, 0.5) is 5.82 Å². The van der Waals surface area contributed by atoms with E-state index in [0.717, 1.165) is 19.4 Å². The van der Waals surface area contributed by atoms with E-state index in [2.05, 4.69) is 20.6 Å². The van der Waals surface area contributed by atoms with Crippen LogP contribution in [0, 0.1) is 0 Å². The van der Waals surface area contributed by atoms with Gasteiger partial charge >= 0.3 is 0 Å². The van der Waals surface area contributed by atoms with E-state index < -0.39 is 6.10 Å². The van der Waals surface area contributed by atoms with Crippen LogP contribution in [-0.2, 0) is 14.3 Å². The third kappa shape index (κ3) is 5.95. The molecule has 1 aromatic heterocycles. The van der Waals surface area contributed by atoms with Gasteiger partial charge in [-0.2, -0.15) is 0 Å². The number of nitrogens with zero attached hydrogens (tertiary/aromatic N) is 2. The van der Waals surface area contributed by atoms with Crippen molar-refractivity contribution in [2.45, 2.75) is 38.4 Å². The zero-order valence-corrected chi connectivity index (χ0v) is 13.0. The summed E-state index contributed by atoms with van der Waals surface area (Å²) >= 11 is 0. The SMILES string of the molecule is CC(OCC1CCCCO1)C(=O)NCCNc1cnccn1. The first-order chi connectivity index (χ1) is 10.8. The highest BCUT2D eigenvalue weighted by Gasteiger charge is 2.18. The van der Waals surface area contributed by atoms with Crippen LogP contribution >= 0.6 is 0 Å². The Bertz CT molecular complexity index is 438. The number of rotatable bonds is 8. The first kappa shape index (κ1) is 16.6. The molecule has 1 saturated heterocycles. The molecule has 1 aromatic rings. The molecule has 0 saturated carbocycles. The molecule has 0 aromatic carbocycles. The molecule has 0 bridgehead atoms.